The molecule has 0 fully saturated rings. The number of phenols is 3. The van der Waals surface area contributed by atoms with Crippen molar-refractivity contribution in [3.63, 3.8) is 0 Å². The van der Waals surface area contributed by atoms with Gasteiger partial charge in [-0.1, -0.05) is 0 Å². The van der Waals surface area contributed by atoms with Crippen LogP contribution in [-0.4, -0.2) is 36.6 Å². The summed E-state index contributed by atoms with van der Waals surface area (Å²) >= 11 is 0. The number of fused-ring (bicyclic) bond motifs is 1. The second kappa shape index (κ2) is 6.40. The van der Waals surface area contributed by atoms with Gasteiger partial charge >= 0.3 is 0 Å². The van der Waals surface area contributed by atoms with Gasteiger partial charge in [-0.05, 0) is 17.7 Å². The van der Waals surface area contributed by atoms with E-state index in [-0.39, 0.29) is 16.5 Å². The number of benzene rings is 2. The van der Waals surface area contributed by atoms with E-state index in [1.54, 1.807) is 12.1 Å². The van der Waals surface area contributed by atoms with Crippen LogP contribution in [-0.2, 0) is 0 Å². The van der Waals surface area contributed by atoms with E-state index in [0.29, 0.717) is 22.8 Å². The van der Waals surface area contributed by atoms with Crippen LogP contribution >= 0.6 is 0 Å². The van der Waals surface area contributed by atoms with Crippen molar-refractivity contribution in [3.8, 4) is 45.6 Å². The van der Waals surface area contributed by atoms with E-state index >= 15 is 0 Å². The fourth-order valence-corrected chi connectivity index (χ4v) is 2.68. The first kappa shape index (κ1) is 17.3. The fraction of sp³-hybridized carbons (Fsp3) is 0.167. The maximum absolute atomic E-state index is 12.8. The lowest BCUT2D eigenvalue weighted by Crippen LogP contribution is -2.06. The van der Waals surface area contributed by atoms with Crippen LogP contribution in [0.15, 0.2) is 33.7 Å². The van der Waals surface area contributed by atoms with E-state index in [1.165, 1.54) is 27.6 Å². The van der Waals surface area contributed by atoms with Gasteiger partial charge in [0, 0.05) is 6.07 Å². The Balaban J connectivity index is 2.33. The summed E-state index contributed by atoms with van der Waals surface area (Å²) in [6.07, 6.45) is 1.18. The third kappa shape index (κ3) is 2.52. The minimum Gasteiger partial charge on any atom is -0.504 e. The third-order valence-corrected chi connectivity index (χ3v) is 3.97. The van der Waals surface area contributed by atoms with Gasteiger partial charge < -0.3 is 33.9 Å². The lowest BCUT2D eigenvalue weighted by molar-refractivity contribution is 0.324. The summed E-state index contributed by atoms with van der Waals surface area (Å²) in [4.78, 5) is 12.8. The normalized spacial score (nSPS) is 10.7. The summed E-state index contributed by atoms with van der Waals surface area (Å²) in [5.74, 6) is -1.14. The fourth-order valence-electron chi connectivity index (χ4n) is 2.68. The van der Waals surface area contributed by atoms with Crippen LogP contribution in [0.3, 0.4) is 0 Å². The Kier molecular flexibility index (Phi) is 4.25. The number of hydrogen-bond donors (Lipinski definition) is 3. The minimum absolute atomic E-state index is 0.0704. The van der Waals surface area contributed by atoms with Gasteiger partial charge in [-0.15, -0.1) is 0 Å². The third-order valence-electron chi connectivity index (χ3n) is 3.97. The van der Waals surface area contributed by atoms with Gasteiger partial charge in [-0.25, -0.2) is 0 Å². The predicted molar refractivity (Wildman–Crippen MR) is 92.6 cm³/mol. The lowest BCUT2D eigenvalue weighted by atomic mass is 10.0. The molecule has 8 nitrogen and oxygen atoms in total. The molecule has 26 heavy (non-hydrogen) atoms. The smallest absolute Gasteiger partial charge is 0.204 e. The van der Waals surface area contributed by atoms with Crippen molar-refractivity contribution in [2.45, 2.75) is 0 Å². The maximum Gasteiger partial charge on any atom is 0.204 e. The van der Waals surface area contributed by atoms with E-state index in [9.17, 15) is 20.1 Å². The number of rotatable bonds is 4. The first-order valence-corrected chi connectivity index (χ1v) is 7.42. The van der Waals surface area contributed by atoms with Crippen molar-refractivity contribution in [1.29, 1.82) is 0 Å². The van der Waals surface area contributed by atoms with Gasteiger partial charge in [0.15, 0.2) is 23.0 Å². The van der Waals surface area contributed by atoms with Gasteiger partial charge in [0.2, 0.25) is 16.9 Å². The Morgan fingerprint density at radius 2 is 1.50 bits per heavy atom. The van der Waals surface area contributed by atoms with Crippen LogP contribution in [0.1, 0.15) is 0 Å². The molecule has 0 atom stereocenters. The Bertz CT molecular complexity index is 1030. The van der Waals surface area contributed by atoms with Crippen LogP contribution in [0, 0.1) is 0 Å². The maximum atomic E-state index is 12.8. The van der Waals surface area contributed by atoms with Crippen LogP contribution in [0.2, 0.25) is 0 Å². The Morgan fingerprint density at radius 1 is 0.885 bits per heavy atom. The van der Waals surface area contributed by atoms with Crippen LogP contribution in [0.4, 0.5) is 0 Å². The Hall–Kier alpha value is -3.55. The summed E-state index contributed by atoms with van der Waals surface area (Å²) in [6, 6.07) is 4.15. The largest absolute Gasteiger partial charge is 0.504 e. The molecular formula is C18H16O8. The summed E-state index contributed by atoms with van der Waals surface area (Å²) in [5.41, 5.74) is -0.188. The molecule has 0 radical (unpaired) electrons. The second-order valence-electron chi connectivity index (χ2n) is 5.36. The SMILES string of the molecule is COc1cc(-c2coc3cc(O)c(O)c(O)c3c2=O)cc(OC)c1OC. The molecule has 0 saturated heterocycles. The highest BCUT2D eigenvalue weighted by atomic mass is 16.5. The second-order valence-corrected chi connectivity index (χ2v) is 5.36. The highest BCUT2D eigenvalue weighted by Crippen LogP contribution is 2.43. The van der Waals surface area contributed by atoms with Gasteiger partial charge in [-0.2, -0.15) is 0 Å². The minimum atomic E-state index is -0.799. The van der Waals surface area contributed by atoms with Crippen LogP contribution in [0.25, 0.3) is 22.1 Å². The summed E-state index contributed by atoms with van der Waals surface area (Å²) in [6.45, 7) is 0. The average molecular weight is 360 g/mol. The molecule has 0 bridgehead atoms. The Morgan fingerprint density at radius 3 is 2.04 bits per heavy atom. The molecule has 1 heterocycles. The van der Waals surface area contributed by atoms with Gasteiger partial charge in [0.1, 0.15) is 17.2 Å². The molecule has 0 aliphatic carbocycles. The topological polar surface area (TPSA) is 119 Å². The number of ether oxygens (including phenoxy) is 3. The van der Waals surface area contributed by atoms with Crippen molar-refractivity contribution in [2.24, 2.45) is 0 Å². The first-order valence-electron chi connectivity index (χ1n) is 7.42. The van der Waals surface area contributed by atoms with Crippen molar-refractivity contribution in [1.82, 2.24) is 0 Å². The highest BCUT2D eigenvalue weighted by molar-refractivity contribution is 5.91. The number of aromatic hydroxyl groups is 3. The molecule has 0 aliphatic heterocycles. The quantitative estimate of drug-likeness (QED) is 0.608. The zero-order valence-corrected chi connectivity index (χ0v) is 14.2. The molecule has 3 rings (SSSR count). The Labute approximate surface area is 147 Å². The van der Waals surface area contributed by atoms with E-state index < -0.39 is 22.7 Å². The van der Waals surface area contributed by atoms with Crippen molar-refractivity contribution >= 4 is 11.0 Å². The molecule has 3 N–H and O–H groups in total. The number of hydrogen-bond acceptors (Lipinski definition) is 8. The molecule has 0 unspecified atom stereocenters. The average Bonchev–Trinajstić information content (AvgIpc) is 2.64. The summed E-state index contributed by atoms with van der Waals surface area (Å²) in [5, 5.41) is 29.0. The number of phenolic OH excluding ortho intramolecular Hbond substituents is 3. The molecule has 0 amide bonds. The standard InChI is InChI=1S/C18H16O8/c1-23-12-4-8(5-13(24-2)18(12)25-3)9-7-26-11-6-10(19)16(21)17(22)14(11)15(9)20/h4-7,19,21-22H,1-3H3. The highest BCUT2D eigenvalue weighted by Gasteiger charge is 2.21. The summed E-state index contributed by atoms with van der Waals surface area (Å²) < 4.78 is 21.1. The molecule has 136 valence electrons. The van der Waals surface area contributed by atoms with E-state index in [1.807, 2.05) is 0 Å². The molecule has 8 heteroatoms. The monoisotopic (exact) mass is 360 g/mol. The zero-order chi connectivity index (χ0) is 19.0. The van der Waals surface area contributed by atoms with Gasteiger partial charge in [0.25, 0.3) is 0 Å². The molecule has 0 aliphatic rings. The molecular weight excluding hydrogens is 344 g/mol. The van der Waals surface area contributed by atoms with Crippen molar-refractivity contribution in [2.75, 3.05) is 21.3 Å². The molecule has 1 aromatic heterocycles. The first-order chi connectivity index (χ1) is 12.4. The van der Waals surface area contributed by atoms with E-state index in [0.717, 1.165) is 6.07 Å². The van der Waals surface area contributed by atoms with Crippen LogP contribution < -0.4 is 19.6 Å². The van der Waals surface area contributed by atoms with E-state index in [4.69, 9.17) is 18.6 Å². The number of methoxy groups -OCH3 is 3. The molecule has 3 aromatic rings. The predicted octanol–water partition coefficient (Wildman–Crippen LogP) is 2.60. The lowest BCUT2D eigenvalue weighted by Gasteiger charge is -2.14. The van der Waals surface area contributed by atoms with E-state index in [2.05, 4.69) is 0 Å². The van der Waals surface area contributed by atoms with Crippen molar-refractivity contribution in [3.05, 3.63) is 34.7 Å². The molecule has 0 spiro atoms. The van der Waals surface area contributed by atoms with Gasteiger partial charge in [0.05, 0.1) is 26.9 Å². The molecule has 0 saturated carbocycles. The van der Waals surface area contributed by atoms with Crippen LogP contribution in [0.5, 0.6) is 34.5 Å². The van der Waals surface area contributed by atoms with Gasteiger partial charge in [-0.3, -0.25) is 4.79 Å². The zero-order valence-electron chi connectivity index (χ0n) is 14.2. The van der Waals surface area contributed by atoms with Crippen molar-refractivity contribution < 1.29 is 33.9 Å². The summed E-state index contributed by atoms with van der Waals surface area (Å²) in [7, 11) is 4.34. The molecule has 2 aromatic carbocycles.